The predicted octanol–water partition coefficient (Wildman–Crippen LogP) is 2.03. The van der Waals surface area contributed by atoms with Crippen LogP contribution in [0.25, 0.3) is 0 Å². The van der Waals surface area contributed by atoms with Gasteiger partial charge in [0.25, 0.3) is 0 Å². The van der Waals surface area contributed by atoms with Crippen LogP contribution < -0.4 is 5.11 Å². The standard InChI is InChI=1S/C9H15F3O2/c10-9(11,12)7-5-3-1-2-4-6-8(13)14/h1-7H2,(H,13,14)/p-1. The van der Waals surface area contributed by atoms with Gasteiger partial charge in [-0.15, -0.1) is 0 Å². The smallest absolute Gasteiger partial charge is 0.389 e. The van der Waals surface area contributed by atoms with E-state index in [1.54, 1.807) is 0 Å². The number of hydrogen-bond acceptors (Lipinski definition) is 2. The average Bonchev–Trinajstić information content (AvgIpc) is 2.00. The maximum absolute atomic E-state index is 11.7. The van der Waals surface area contributed by atoms with E-state index < -0.39 is 18.6 Å². The molecule has 0 aliphatic rings. The van der Waals surface area contributed by atoms with Crippen molar-refractivity contribution in [3.63, 3.8) is 0 Å². The van der Waals surface area contributed by atoms with Gasteiger partial charge in [-0.25, -0.2) is 0 Å². The number of hydrogen-bond donors (Lipinski definition) is 0. The van der Waals surface area contributed by atoms with Gasteiger partial charge in [-0.2, -0.15) is 13.2 Å². The first-order valence-electron chi connectivity index (χ1n) is 4.68. The highest BCUT2D eigenvalue weighted by Crippen LogP contribution is 2.23. The number of carbonyl (C=O) groups is 1. The van der Waals surface area contributed by atoms with Crippen molar-refractivity contribution in [2.24, 2.45) is 0 Å². The lowest BCUT2D eigenvalue weighted by Crippen LogP contribution is -2.21. The van der Waals surface area contributed by atoms with E-state index in [2.05, 4.69) is 0 Å². The third-order valence-electron chi connectivity index (χ3n) is 1.84. The van der Waals surface area contributed by atoms with E-state index in [-0.39, 0.29) is 12.8 Å². The molecule has 0 unspecified atom stereocenters. The molecular weight excluding hydrogens is 197 g/mol. The van der Waals surface area contributed by atoms with Gasteiger partial charge < -0.3 is 9.90 Å². The summed E-state index contributed by atoms with van der Waals surface area (Å²) in [6.07, 6.45) is -2.36. The summed E-state index contributed by atoms with van der Waals surface area (Å²) < 4.78 is 35.0. The highest BCUT2D eigenvalue weighted by atomic mass is 19.4. The molecule has 14 heavy (non-hydrogen) atoms. The molecule has 0 heterocycles. The summed E-state index contributed by atoms with van der Waals surface area (Å²) in [5.74, 6) is -1.10. The number of carboxylic acids is 1. The third-order valence-corrected chi connectivity index (χ3v) is 1.84. The first kappa shape index (κ1) is 13.3. The quantitative estimate of drug-likeness (QED) is 0.604. The SMILES string of the molecule is O=C([O-])CCCCCCCC(F)(F)F. The molecule has 0 N–H and O–H groups in total. The zero-order chi connectivity index (χ0) is 11.0. The average molecular weight is 211 g/mol. The third kappa shape index (κ3) is 11.3. The van der Waals surface area contributed by atoms with Crippen LogP contribution in [0.4, 0.5) is 13.2 Å². The van der Waals surface area contributed by atoms with Gasteiger partial charge >= 0.3 is 6.18 Å². The minimum Gasteiger partial charge on any atom is -0.550 e. The van der Waals surface area contributed by atoms with Crippen LogP contribution in [0.1, 0.15) is 44.9 Å². The summed E-state index contributed by atoms with van der Waals surface area (Å²) >= 11 is 0. The molecule has 0 radical (unpaired) electrons. The normalized spacial score (nSPS) is 11.6. The molecule has 5 heteroatoms. The Morgan fingerprint density at radius 3 is 2.00 bits per heavy atom. The van der Waals surface area contributed by atoms with E-state index in [9.17, 15) is 23.1 Å². The van der Waals surface area contributed by atoms with Crippen LogP contribution >= 0.6 is 0 Å². The summed E-state index contributed by atoms with van der Waals surface area (Å²) in [6.45, 7) is 0. The Hall–Kier alpha value is -0.740. The zero-order valence-corrected chi connectivity index (χ0v) is 7.90. The summed E-state index contributed by atoms with van der Waals surface area (Å²) in [7, 11) is 0. The molecule has 0 aliphatic carbocycles. The Morgan fingerprint density at radius 2 is 1.50 bits per heavy atom. The fraction of sp³-hybridized carbons (Fsp3) is 0.889. The van der Waals surface area contributed by atoms with Crippen molar-refractivity contribution >= 4 is 5.97 Å². The molecule has 0 aromatic rings. The van der Waals surface area contributed by atoms with Crippen molar-refractivity contribution in [1.82, 2.24) is 0 Å². The van der Waals surface area contributed by atoms with Gasteiger partial charge in [0.15, 0.2) is 0 Å². The molecule has 0 bridgehead atoms. The van der Waals surface area contributed by atoms with Crippen molar-refractivity contribution < 1.29 is 23.1 Å². The monoisotopic (exact) mass is 211 g/mol. The molecule has 2 nitrogen and oxygen atoms in total. The minimum atomic E-state index is -4.06. The molecule has 0 aromatic heterocycles. The van der Waals surface area contributed by atoms with Gasteiger partial charge in [0.2, 0.25) is 0 Å². The maximum atomic E-state index is 11.7. The number of alkyl halides is 3. The lowest BCUT2D eigenvalue weighted by Gasteiger charge is -2.05. The van der Waals surface area contributed by atoms with E-state index in [0.717, 1.165) is 0 Å². The van der Waals surface area contributed by atoms with Crippen molar-refractivity contribution in [3.8, 4) is 0 Å². The van der Waals surface area contributed by atoms with Crippen molar-refractivity contribution in [3.05, 3.63) is 0 Å². The Balaban J connectivity index is 3.11. The molecule has 0 aliphatic heterocycles. The highest BCUT2D eigenvalue weighted by Gasteiger charge is 2.25. The number of rotatable bonds is 7. The molecule has 0 saturated carbocycles. The summed E-state index contributed by atoms with van der Waals surface area (Å²) in [5, 5.41) is 9.96. The maximum Gasteiger partial charge on any atom is 0.389 e. The van der Waals surface area contributed by atoms with Crippen LogP contribution in [-0.2, 0) is 4.79 Å². The van der Waals surface area contributed by atoms with Crippen molar-refractivity contribution in [1.29, 1.82) is 0 Å². The van der Waals surface area contributed by atoms with Gasteiger partial charge in [-0.3, -0.25) is 0 Å². The fourth-order valence-corrected chi connectivity index (χ4v) is 1.13. The fourth-order valence-electron chi connectivity index (χ4n) is 1.13. The molecule has 0 saturated heterocycles. The summed E-state index contributed by atoms with van der Waals surface area (Å²) in [6, 6.07) is 0. The van der Waals surface area contributed by atoms with E-state index >= 15 is 0 Å². The van der Waals surface area contributed by atoms with Crippen molar-refractivity contribution in [2.45, 2.75) is 51.1 Å². The summed E-state index contributed by atoms with van der Waals surface area (Å²) in [5.41, 5.74) is 0. The van der Waals surface area contributed by atoms with Crippen LogP contribution in [0.3, 0.4) is 0 Å². The van der Waals surface area contributed by atoms with Crippen LogP contribution in [0, 0.1) is 0 Å². The second-order valence-electron chi connectivity index (χ2n) is 3.25. The Bertz CT molecular complexity index is 166. The lowest BCUT2D eigenvalue weighted by atomic mass is 10.1. The van der Waals surface area contributed by atoms with Gasteiger partial charge in [0.1, 0.15) is 0 Å². The number of halogens is 3. The molecule has 0 aromatic carbocycles. The van der Waals surface area contributed by atoms with Crippen LogP contribution in [-0.4, -0.2) is 12.1 Å². The predicted molar refractivity (Wildman–Crippen MR) is 43.4 cm³/mol. The van der Waals surface area contributed by atoms with Gasteiger partial charge in [-0.05, 0) is 19.3 Å². The topological polar surface area (TPSA) is 40.1 Å². The summed E-state index contributed by atoms with van der Waals surface area (Å²) in [4.78, 5) is 9.96. The van der Waals surface area contributed by atoms with Crippen LogP contribution in [0.15, 0.2) is 0 Å². The number of carboxylic acid groups (broad SMARTS) is 1. The first-order valence-corrected chi connectivity index (χ1v) is 4.68. The molecule has 0 fully saturated rings. The molecule has 0 spiro atoms. The van der Waals surface area contributed by atoms with E-state index in [0.29, 0.717) is 25.7 Å². The van der Waals surface area contributed by atoms with Crippen LogP contribution in [0.2, 0.25) is 0 Å². The molecule has 0 rings (SSSR count). The van der Waals surface area contributed by atoms with Gasteiger partial charge in [-0.1, -0.05) is 19.3 Å². The largest absolute Gasteiger partial charge is 0.550 e. The lowest BCUT2D eigenvalue weighted by molar-refractivity contribution is -0.305. The number of carbonyl (C=O) groups excluding carboxylic acids is 1. The highest BCUT2D eigenvalue weighted by molar-refractivity contribution is 5.63. The molecule has 0 atom stereocenters. The Labute approximate surface area is 81.1 Å². The molecule has 84 valence electrons. The van der Waals surface area contributed by atoms with E-state index in [1.807, 2.05) is 0 Å². The Kier molecular flexibility index (Phi) is 6.32. The second kappa shape index (κ2) is 6.68. The minimum absolute atomic E-state index is 0.000723. The van der Waals surface area contributed by atoms with E-state index in [4.69, 9.17) is 0 Å². The Morgan fingerprint density at radius 1 is 1.00 bits per heavy atom. The first-order chi connectivity index (χ1) is 6.42. The number of aliphatic carboxylic acids is 1. The number of unbranched alkanes of at least 4 members (excludes halogenated alkanes) is 4. The van der Waals surface area contributed by atoms with Gasteiger partial charge in [0, 0.05) is 12.4 Å². The van der Waals surface area contributed by atoms with Crippen molar-refractivity contribution in [2.75, 3.05) is 0 Å². The zero-order valence-electron chi connectivity index (χ0n) is 7.90. The van der Waals surface area contributed by atoms with Crippen LogP contribution in [0.5, 0.6) is 0 Å². The second-order valence-corrected chi connectivity index (χ2v) is 3.25. The molecule has 0 amide bonds. The molecular formula is C9H14F3O2-. The van der Waals surface area contributed by atoms with E-state index in [1.165, 1.54) is 0 Å². The van der Waals surface area contributed by atoms with Gasteiger partial charge in [0.05, 0.1) is 0 Å².